The number of benzene rings is 1. The Bertz CT molecular complexity index is 412. The Labute approximate surface area is 92.4 Å². The van der Waals surface area contributed by atoms with Gasteiger partial charge in [0.2, 0.25) is 0 Å². The number of halogens is 1. The summed E-state index contributed by atoms with van der Waals surface area (Å²) in [6, 6.07) is 6.65. The molecular formula is C10H9ClN2O2. The molecule has 1 aromatic carbocycles. The first-order valence-electron chi connectivity index (χ1n) is 4.22. The summed E-state index contributed by atoms with van der Waals surface area (Å²) >= 11 is 5.80. The van der Waals surface area contributed by atoms with E-state index in [2.05, 4.69) is 5.32 Å². The van der Waals surface area contributed by atoms with Crippen LogP contribution in [0.1, 0.15) is 5.56 Å². The summed E-state index contributed by atoms with van der Waals surface area (Å²) in [7, 11) is 0. The lowest BCUT2D eigenvalue weighted by Gasteiger charge is -2.05. The average molecular weight is 225 g/mol. The zero-order valence-electron chi connectivity index (χ0n) is 8.08. The minimum atomic E-state index is -0.654. The standard InChI is InChI=1S/C10H9ClN2O2/c1-7-6-8(2-3-9(7)11)15-10(14)13-5-4-12/h2-3,6H,5H2,1H3,(H,13,14). The number of carbonyl (C=O) groups excluding carboxylic acids is 1. The Morgan fingerprint density at radius 2 is 2.40 bits per heavy atom. The van der Waals surface area contributed by atoms with E-state index in [1.54, 1.807) is 24.3 Å². The molecule has 0 saturated heterocycles. The molecule has 78 valence electrons. The third kappa shape index (κ3) is 3.49. The lowest BCUT2D eigenvalue weighted by Crippen LogP contribution is -2.26. The smallest absolute Gasteiger partial charge is 0.410 e. The number of nitrogens with one attached hydrogen (secondary N) is 1. The summed E-state index contributed by atoms with van der Waals surface area (Å²) in [4.78, 5) is 11.1. The number of amides is 1. The van der Waals surface area contributed by atoms with Crippen molar-refractivity contribution in [2.75, 3.05) is 6.54 Å². The minimum Gasteiger partial charge on any atom is -0.410 e. The highest BCUT2D eigenvalue weighted by molar-refractivity contribution is 6.31. The van der Waals surface area contributed by atoms with Gasteiger partial charge in [0, 0.05) is 5.02 Å². The summed E-state index contributed by atoms with van der Waals surface area (Å²) in [6.45, 7) is 1.73. The minimum absolute atomic E-state index is 0.0780. The van der Waals surface area contributed by atoms with Gasteiger partial charge in [-0.3, -0.25) is 0 Å². The molecule has 0 aliphatic carbocycles. The lowest BCUT2D eigenvalue weighted by molar-refractivity contribution is 0.202. The maximum Gasteiger partial charge on any atom is 0.413 e. The number of nitrogens with zero attached hydrogens (tertiary/aromatic N) is 1. The first-order valence-corrected chi connectivity index (χ1v) is 4.60. The number of nitriles is 1. The number of ether oxygens (including phenoxy) is 1. The van der Waals surface area contributed by atoms with Gasteiger partial charge in [-0.25, -0.2) is 4.79 Å². The van der Waals surface area contributed by atoms with E-state index in [1.165, 1.54) is 0 Å². The van der Waals surface area contributed by atoms with Crippen LogP contribution in [0.15, 0.2) is 18.2 Å². The zero-order valence-corrected chi connectivity index (χ0v) is 8.84. The molecule has 0 unspecified atom stereocenters. The molecule has 0 heterocycles. The molecule has 1 amide bonds. The van der Waals surface area contributed by atoms with Crippen molar-refractivity contribution in [2.24, 2.45) is 0 Å². The maximum atomic E-state index is 11.1. The van der Waals surface area contributed by atoms with E-state index in [4.69, 9.17) is 21.6 Å². The second-order valence-electron chi connectivity index (χ2n) is 2.81. The molecule has 5 heteroatoms. The van der Waals surface area contributed by atoms with Crippen molar-refractivity contribution in [1.82, 2.24) is 5.32 Å². The van der Waals surface area contributed by atoms with Crippen molar-refractivity contribution in [3.05, 3.63) is 28.8 Å². The van der Waals surface area contributed by atoms with Crippen molar-refractivity contribution in [1.29, 1.82) is 5.26 Å². The van der Waals surface area contributed by atoms with Crippen LogP contribution in [0.2, 0.25) is 5.02 Å². The second-order valence-corrected chi connectivity index (χ2v) is 3.22. The third-order valence-electron chi connectivity index (χ3n) is 1.65. The fourth-order valence-corrected chi connectivity index (χ4v) is 1.05. The molecular weight excluding hydrogens is 216 g/mol. The predicted octanol–water partition coefficient (Wildman–Crippen LogP) is 2.26. The molecule has 0 radical (unpaired) electrons. The molecule has 4 nitrogen and oxygen atoms in total. The largest absolute Gasteiger partial charge is 0.413 e. The highest BCUT2D eigenvalue weighted by atomic mass is 35.5. The van der Waals surface area contributed by atoms with Crippen molar-refractivity contribution >= 4 is 17.7 Å². The maximum absolute atomic E-state index is 11.1. The Kier molecular flexibility index (Phi) is 3.95. The molecule has 0 saturated carbocycles. The highest BCUT2D eigenvalue weighted by Crippen LogP contribution is 2.20. The third-order valence-corrected chi connectivity index (χ3v) is 2.08. The van der Waals surface area contributed by atoms with Gasteiger partial charge >= 0.3 is 6.09 Å². The number of aryl methyl sites for hydroxylation is 1. The Morgan fingerprint density at radius 3 is 3.00 bits per heavy atom. The van der Waals surface area contributed by atoms with Crippen LogP contribution in [0.3, 0.4) is 0 Å². The number of hydrogen-bond donors (Lipinski definition) is 1. The summed E-state index contributed by atoms with van der Waals surface area (Å²) in [5, 5.41) is 11.1. The van der Waals surface area contributed by atoms with Crippen LogP contribution in [0.4, 0.5) is 4.79 Å². The van der Waals surface area contributed by atoms with Gasteiger partial charge in [-0.2, -0.15) is 5.26 Å². The second kappa shape index (κ2) is 5.23. The van der Waals surface area contributed by atoms with Crippen LogP contribution in [0.5, 0.6) is 5.75 Å². The van der Waals surface area contributed by atoms with E-state index in [0.29, 0.717) is 10.8 Å². The van der Waals surface area contributed by atoms with Crippen molar-refractivity contribution in [2.45, 2.75) is 6.92 Å². The first kappa shape index (κ1) is 11.3. The lowest BCUT2D eigenvalue weighted by atomic mass is 10.2. The van der Waals surface area contributed by atoms with E-state index in [0.717, 1.165) is 5.56 Å². The van der Waals surface area contributed by atoms with Gasteiger partial charge in [0.1, 0.15) is 12.3 Å². The molecule has 0 fully saturated rings. The van der Waals surface area contributed by atoms with Crippen LogP contribution in [-0.2, 0) is 0 Å². The van der Waals surface area contributed by atoms with Gasteiger partial charge in [0.15, 0.2) is 0 Å². The van der Waals surface area contributed by atoms with Gasteiger partial charge in [-0.1, -0.05) is 11.6 Å². The summed E-state index contributed by atoms with van der Waals surface area (Å²) in [5.41, 5.74) is 0.822. The Balaban J connectivity index is 2.62. The highest BCUT2D eigenvalue weighted by Gasteiger charge is 2.04. The summed E-state index contributed by atoms with van der Waals surface area (Å²) in [6.07, 6.45) is -0.654. The topological polar surface area (TPSA) is 62.1 Å². The summed E-state index contributed by atoms with van der Waals surface area (Å²) in [5.74, 6) is 0.396. The van der Waals surface area contributed by atoms with Gasteiger partial charge in [0.25, 0.3) is 0 Å². The first-order chi connectivity index (χ1) is 7.13. The molecule has 1 N–H and O–H groups in total. The van der Waals surface area contributed by atoms with Crippen LogP contribution in [0, 0.1) is 18.3 Å². The summed E-state index contributed by atoms with van der Waals surface area (Å²) < 4.78 is 4.89. The van der Waals surface area contributed by atoms with Gasteiger partial charge in [-0.15, -0.1) is 0 Å². The molecule has 0 spiro atoms. The van der Waals surface area contributed by atoms with Crippen LogP contribution in [-0.4, -0.2) is 12.6 Å². The Morgan fingerprint density at radius 1 is 1.67 bits per heavy atom. The van der Waals surface area contributed by atoms with Crippen molar-refractivity contribution in [3.63, 3.8) is 0 Å². The fourth-order valence-electron chi connectivity index (χ4n) is 0.935. The normalized spacial score (nSPS) is 9.13. The van der Waals surface area contributed by atoms with E-state index in [1.807, 2.05) is 6.92 Å². The van der Waals surface area contributed by atoms with E-state index < -0.39 is 6.09 Å². The van der Waals surface area contributed by atoms with Gasteiger partial charge in [0.05, 0.1) is 6.07 Å². The van der Waals surface area contributed by atoms with Gasteiger partial charge in [-0.05, 0) is 30.7 Å². The quantitative estimate of drug-likeness (QED) is 0.784. The van der Waals surface area contributed by atoms with E-state index in [-0.39, 0.29) is 6.54 Å². The van der Waals surface area contributed by atoms with Crippen LogP contribution < -0.4 is 10.1 Å². The van der Waals surface area contributed by atoms with Crippen molar-refractivity contribution < 1.29 is 9.53 Å². The SMILES string of the molecule is Cc1cc(OC(=O)NCC#N)ccc1Cl. The molecule has 0 bridgehead atoms. The molecule has 15 heavy (non-hydrogen) atoms. The monoisotopic (exact) mass is 224 g/mol. The number of carbonyl (C=O) groups is 1. The average Bonchev–Trinajstić information content (AvgIpc) is 2.20. The van der Waals surface area contributed by atoms with Crippen LogP contribution >= 0.6 is 11.6 Å². The zero-order chi connectivity index (χ0) is 11.3. The van der Waals surface area contributed by atoms with Crippen LogP contribution in [0.25, 0.3) is 0 Å². The molecule has 0 aromatic heterocycles. The fraction of sp³-hybridized carbons (Fsp3) is 0.200. The number of hydrogen-bond acceptors (Lipinski definition) is 3. The Hall–Kier alpha value is -1.73. The molecule has 0 aliphatic rings. The van der Waals surface area contributed by atoms with E-state index in [9.17, 15) is 4.79 Å². The molecule has 1 aromatic rings. The number of rotatable bonds is 2. The van der Waals surface area contributed by atoms with Crippen molar-refractivity contribution in [3.8, 4) is 11.8 Å². The predicted molar refractivity (Wildman–Crippen MR) is 55.8 cm³/mol. The van der Waals surface area contributed by atoms with Gasteiger partial charge < -0.3 is 10.1 Å². The molecule has 0 aliphatic heterocycles. The molecule has 1 rings (SSSR count). The molecule has 0 atom stereocenters. The van der Waals surface area contributed by atoms with E-state index >= 15 is 0 Å².